The Morgan fingerprint density at radius 2 is 2.07 bits per heavy atom. The molecule has 0 saturated heterocycles. The van der Waals surface area contributed by atoms with Crippen LogP contribution in [0.25, 0.3) is 11.0 Å². The van der Waals surface area contributed by atoms with E-state index in [1.165, 1.54) is 0 Å². The van der Waals surface area contributed by atoms with Crippen LogP contribution in [-0.4, -0.2) is 21.7 Å². The van der Waals surface area contributed by atoms with Crippen LogP contribution in [0.1, 0.15) is 18.5 Å². The number of nitrogens with zero attached hydrogens (tertiary/aromatic N) is 2. The van der Waals surface area contributed by atoms with E-state index in [0.29, 0.717) is 0 Å². The Morgan fingerprint density at radius 1 is 1.13 bits per heavy atom. The van der Waals surface area contributed by atoms with Crippen LogP contribution in [-0.2, 0) is 6.42 Å². The van der Waals surface area contributed by atoms with Crippen molar-refractivity contribution < 1.29 is 5.11 Å². The molecular formula is C12H14N2O. The fourth-order valence-corrected chi connectivity index (χ4v) is 1.55. The first-order valence-electron chi connectivity index (χ1n) is 5.21. The number of aliphatic hydroxyl groups excluding tert-OH is 1. The number of unbranched alkanes of at least 4 members (excludes halogenated alkanes) is 1. The number of pyridine rings is 2. The van der Waals surface area contributed by atoms with E-state index < -0.39 is 0 Å². The molecule has 0 radical (unpaired) electrons. The molecule has 0 aromatic carbocycles. The van der Waals surface area contributed by atoms with Gasteiger partial charge in [-0.2, -0.15) is 0 Å². The molecule has 0 aliphatic carbocycles. The van der Waals surface area contributed by atoms with Crippen LogP contribution in [0.15, 0.2) is 30.5 Å². The van der Waals surface area contributed by atoms with Crippen LogP contribution >= 0.6 is 0 Å². The van der Waals surface area contributed by atoms with E-state index in [9.17, 15) is 0 Å². The summed E-state index contributed by atoms with van der Waals surface area (Å²) in [6.45, 7) is 0.256. The molecule has 78 valence electrons. The monoisotopic (exact) mass is 202 g/mol. The second-order valence-electron chi connectivity index (χ2n) is 3.53. The van der Waals surface area contributed by atoms with Crippen molar-refractivity contribution in [2.45, 2.75) is 19.3 Å². The molecule has 3 nitrogen and oxygen atoms in total. The minimum Gasteiger partial charge on any atom is -0.396 e. The molecule has 15 heavy (non-hydrogen) atoms. The Morgan fingerprint density at radius 3 is 2.93 bits per heavy atom. The molecule has 0 aliphatic rings. The topological polar surface area (TPSA) is 46.0 Å². The van der Waals surface area contributed by atoms with Crippen LogP contribution in [0.2, 0.25) is 0 Å². The van der Waals surface area contributed by atoms with Crippen molar-refractivity contribution in [3.05, 3.63) is 36.2 Å². The Balaban J connectivity index is 2.16. The van der Waals surface area contributed by atoms with Gasteiger partial charge in [0.1, 0.15) is 0 Å². The first-order chi connectivity index (χ1) is 7.40. The maximum absolute atomic E-state index is 8.68. The molecule has 0 saturated carbocycles. The zero-order valence-electron chi connectivity index (χ0n) is 8.56. The Bertz CT molecular complexity index is 442. The van der Waals surface area contributed by atoms with Gasteiger partial charge in [0.15, 0.2) is 5.65 Å². The average molecular weight is 202 g/mol. The average Bonchev–Trinajstić information content (AvgIpc) is 2.29. The third kappa shape index (κ3) is 2.50. The lowest BCUT2D eigenvalue weighted by molar-refractivity contribution is 0.284. The van der Waals surface area contributed by atoms with Crippen molar-refractivity contribution in [1.82, 2.24) is 9.97 Å². The number of hydrogen-bond donors (Lipinski definition) is 1. The van der Waals surface area contributed by atoms with Gasteiger partial charge in [0.2, 0.25) is 0 Å². The highest BCUT2D eigenvalue weighted by Crippen LogP contribution is 2.10. The van der Waals surface area contributed by atoms with Gasteiger partial charge in [0.05, 0.1) is 0 Å². The van der Waals surface area contributed by atoms with E-state index >= 15 is 0 Å². The summed E-state index contributed by atoms with van der Waals surface area (Å²) in [4.78, 5) is 8.66. The predicted molar refractivity (Wildman–Crippen MR) is 59.6 cm³/mol. The first kappa shape index (κ1) is 10.1. The molecule has 0 aliphatic heterocycles. The van der Waals surface area contributed by atoms with Gasteiger partial charge in [-0.3, -0.25) is 0 Å². The van der Waals surface area contributed by atoms with E-state index in [-0.39, 0.29) is 6.61 Å². The highest BCUT2D eigenvalue weighted by Gasteiger charge is 1.98. The minimum atomic E-state index is 0.256. The molecule has 2 rings (SSSR count). The van der Waals surface area contributed by atoms with Crippen molar-refractivity contribution >= 4 is 11.0 Å². The molecule has 2 aromatic rings. The van der Waals surface area contributed by atoms with Crippen LogP contribution in [0.5, 0.6) is 0 Å². The smallest absolute Gasteiger partial charge is 0.159 e. The maximum Gasteiger partial charge on any atom is 0.159 e. The van der Waals surface area contributed by atoms with E-state index in [0.717, 1.165) is 36.0 Å². The molecule has 0 fully saturated rings. The zero-order valence-corrected chi connectivity index (χ0v) is 8.56. The summed E-state index contributed by atoms with van der Waals surface area (Å²) in [5.74, 6) is 0. The molecule has 2 aromatic heterocycles. The standard InChI is InChI=1S/C12H14N2O/c15-9-2-1-5-11-7-6-10-4-3-8-13-12(10)14-11/h3-4,6-8,15H,1-2,5,9H2. The lowest BCUT2D eigenvalue weighted by Crippen LogP contribution is -1.93. The lowest BCUT2D eigenvalue weighted by atomic mass is 10.1. The number of aliphatic hydroxyl groups is 1. The first-order valence-corrected chi connectivity index (χ1v) is 5.21. The van der Waals surface area contributed by atoms with Crippen LogP contribution in [0.4, 0.5) is 0 Å². The predicted octanol–water partition coefficient (Wildman–Crippen LogP) is 1.94. The van der Waals surface area contributed by atoms with Gasteiger partial charge >= 0.3 is 0 Å². The highest BCUT2D eigenvalue weighted by atomic mass is 16.2. The maximum atomic E-state index is 8.68. The van der Waals surface area contributed by atoms with Gasteiger partial charge in [-0.25, -0.2) is 9.97 Å². The number of rotatable bonds is 4. The number of aromatic nitrogens is 2. The number of aryl methyl sites for hydroxylation is 1. The molecule has 0 spiro atoms. The summed E-state index contributed by atoms with van der Waals surface area (Å²) < 4.78 is 0. The van der Waals surface area contributed by atoms with Gasteiger partial charge < -0.3 is 5.11 Å². The van der Waals surface area contributed by atoms with Gasteiger partial charge in [0.25, 0.3) is 0 Å². The lowest BCUT2D eigenvalue weighted by Gasteiger charge is -2.01. The molecule has 0 amide bonds. The van der Waals surface area contributed by atoms with Gasteiger partial charge in [-0.05, 0) is 43.5 Å². The summed E-state index contributed by atoms with van der Waals surface area (Å²) in [6.07, 6.45) is 4.48. The molecular weight excluding hydrogens is 188 g/mol. The van der Waals surface area contributed by atoms with E-state index in [2.05, 4.69) is 9.97 Å². The Kier molecular flexibility index (Phi) is 3.25. The Hall–Kier alpha value is -1.48. The van der Waals surface area contributed by atoms with Crippen molar-refractivity contribution in [3.63, 3.8) is 0 Å². The van der Waals surface area contributed by atoms with Gasteiger partial charge in [-0.15, -0.1) is 0 Å². The van der Waals surface area contributed by atoms with Gasteiger partial charge in [-0.1, -0.05) is 0 Å². The largest absolute Gasteiger partial charge is 0.396 e. The highest BCUT2D eigenvalue weighted by molar-refractivity contribution is 5.74. The fraction of sp³-hybridized carbons (Fsp3) is 0.333. The molecule has 1 N–H and O–H groups in total. The molecule has 3 heteroatoms. The van der Waals surface area contributed by atoms with Crippen molar-refractivity contribution in [3.8, 4) is 0 Å². The summed E-state index contributed by atoms with van der Waals surface area (Å²) >= 11 is 0. The third-order valence-electron chi connectivity index (χ3n) is 2.36. The normalized spacial score (nSPS) is 10.7. The van der Waals surface area contributed by atoms with Gasteiger partial charge in [0, 0.05) is 23.9 Å². The summed E-state index contributed by atoms with van der Waals surface area (Å²) in [7, 11) is 0. The van der Waals surface area contributed by atoms with Crippen LogP contribution in [0, 0.1) is 0 Å². The van der Waals surface area contributed by atoms with Crippen molar-refractivity contribution in [2.75, 3.05) is 6.61 Å². The molecule has 0 unspecified atom stereocenters. The summed E-state index contributed by atoms with van der Waals surface area (Å²) in [6, 6.07) is 7.99. The second-order valence-corrected chi connectivity index (χ2v) is 3.53. The number of hydrogen-bond acceptors (Lipinski definition) is 3. The number of fused-ring (bicyclic) bond motifs is 1. The van der Waals surface area contributed by atoms with Crippen molar-refractivity contribution in [2.24, 2.45) is 0 Å². The van der Waals surface area contributed by atoms with E-state index in [1.54, 1.807) is 6.20 Å². The molecule has 0 atom stereocenters. The summed E-state index contributed by atoms with van der Waals surface area (Å²) in [5.41, 5.74) is 1.86. The molecule has 2 heterocycles. The summed E-state index contributed by atoms with van der Waals surface area (Å²) in [5, 5.41) is 9.76. The van der Waals surface area contributed by atoms with Crippen LogP contribution < -0.4 is 0 Å². The Labute approximate surface area is 88.8 Å². The fourth-order valence-electron chi connectivity index (χ4n) is 1.55. The SMILES string of the molecule is OCCCCc1ccc2cccnc2n1. The zero-order chi connectivity index (χ0) is 10.5. The van der Waals surface area contributed by atoms with Crippen molar-refractivity contribution in [1.29, 1.82) is 0 Å². The quantitative estimate of drug-likeness (QED) is 0.771. The minimum absolute atomic E-state index is 0.256. The van der Waals surface area contributed by atoms with E-state index in [4.69, 9.17) is 5.11 Å². The molecule has 0 bridgehead atoms. The second kappa shape index (κ2) is 4.84. The van der Waals surface area contributed by atoms with Crippen LogP contribution in [0.3, 0.4) is 0 Å². The van der Waals surface area contributed by atoms with E-state index in [1.807, 2.05) is 24.3 Å². The third-order valence-corrected chi connectivity index (χ3v) is 2.36.